The molecule has 0 aliphatic carbocycles. The lowest BCUT2D eigenvalue weighted by molar-refractivity contribution is 0.313. The van der Waals surface area contributed by atoms with Gasteiger partial charge in [-0.25, -0.2) is 9.97 Å². The topological polar surface area (TPSA) is 112 Å². The standard InChI is InChI=1S/C23H23N9O/c1-31-5-7-32(8-6-31)19-3-4-25-22-21(19)27-23(28-22)20-16-10-17(26-13-18(16)29-30-20)14-9-15(33-2)12-24-11-14/h3-4,9-13H,5-8H2,1-2H3,(H,29,30)(H,25,27,28). The predicted molar refractivity (Wildman–Crippen MR) is 126 cm³/mol. The number of pyridine rings is 3. The first kappa shape index (κ1) is 19.6. The van der Waals surface area contributed by atoms with Crippen LogP contribution >= 0.6 is 0 Å². The van der Waals surface area contributed by atoms with Gasteiger partial charge in [0.2, 0.25) is 0 Å². The number of methoxy groups -OCH3 is 1. The van der Waals surface area contributed by atoms with E-state index in [9.17, 15) is 0 Å². The number of piperazine rings is 1. The van der Waals surface area contributed by atoms with Crippen LogP contribution in [0.2, 0.25) is 0 Å². The SMILES string of the molecule is COc1cncc(-c2cc3c(-c4nc5nccc(N6CCN(C)CC6)c5[nH]4)n[nH]c3cn2)c1. The predicted octanol–water partition coefficient (Wildman–Crippen LogP) is 2.72. The van der Waals surface area contributed by atoms with Gasteiger partial charge in [0.15, 0.2) is 11.5 Å². The van der Waals surface area contributed by atoms with E-state index < -0.39 is 0 Å². The Hall–Kier alpha value is -4.05. The molecule has 0 bridgehead atoms. The van der Waals surface area contributed by atoms with Gasteiger partial charge in [-0.3, -0.25) is 15.1 Å². The van der Waals surface area contributed by atoms with Crippen LogP contribution in [-0.2, 0) is 0 Å². The van der Waals surface area contributed by atoms with E-state index in [1.54, 1.807) is 25.7 Å². The van der Waals surface area contributed by atoms with Crippen molar-refractivity contribution in [2.75, 3.05) is 45.2 Å². The van der Waals surface area contributed by atoms with Crippen molar-refractivity contribution in [1.82, 2.24) is 40.0 Å². The summed E-state index contributed by atoms with van der Waals surface area (Å²) in [7, 11) is 3.78. The molecule has 0 unspecified atom stereocenters. The lowest BCUT2D eigenvalue weighted by Gasteiger charge is -2.34. The van der Waals surface area contributed by atoms with Crippen molar-refractivity contribution in [3.05, 3.63) is 43.0 Å². The number of rotatable bonds is 4. The van der Waals surface area contributed by atoms with Gasteiger partial charge < -0.3 is 19.5 Å². The summed E-state index contributed by atoms with van der Waals surface area (Å²) in [5.41, 5.74) is 5.94. The van der Waals surface area contributed by atoms with Crippen molar-refractivity contribution in [1.29, 1.82) is 0 Å². The molecular weight excluding hydrogens is 418 g/mol. The molecule has 166 valence electrons. The van der Waals surface area contributed by atoms with Crippen LogP contribution in [0.25, 0.3) is 44.8 Å². The van der Waals surface area contributed by atoms with Crippen molar-refractivity contribution in [2.24, 2.45) is 0 Å². The number of ether oxygens (including phenoxy) is 1. The van der Waals surface area contributed by atoms with E-state index in [1.165, 1.54) is 0 Å². The second kappa shape index (κ2) is 7.82. The molecule has 0 amide bonds. The van der Waals surface area contributed by atoms with Crippen LogP contribution < -0.4 is 9.64 Å². The Morgan fingerprint density at radius 3 is 2.76 bits per heavy atom. The summed E-state index contributed by atoms with van der Waals surface area (Å²) < 4.78 is 5.31. The number of nitrogens with zero attached hydrogens (tertiary/aromatic N) is 7. The van der Waals surface area contributed by atoms with Gasteiger partial charge in [-0.05, 0) is 25.2 Å². The molecule has 10 heteroatoms. The maximum Gasteiger partial charge on any atom is 0.180 e. The molecule has 1 fully saturated rings. The molecule has 0 atom stereocenters. The van der Waals surface area contributed by atoms with Crippen LogP contribution in [0.15, 0.2) is 43.0 Å². The quantitative estimate of drug-likeness (QED) is 0.438. The highest BCUT2D eigenvalue weighted by Gasteiger charge is 2.20. The molecule has 33 heavy (non-hydrogen) atoms. The average Bonchev–Trinajstić information content (AvgIpc) is 3.48. The zero-order chi connectivity index (χ0) is 22.4. The highest BCUT2D eigenvalue weighted by atomic mass is 16.5. The summed E-state index contributed by atoms with van der Waals surface area (Å²) in [4.78, 5) is 26.3. The van der Waals surface area contributed by atoms with Crippen molar-refractivity contribution in [3.8, 4) is 28.5 Å². The minimum Gasteiger partial charge on any atom is -0.495 e. The molecule has 0 radical (unpaired) electrons. The molecule has 1 saturated heterocycles. The normalized spacial score (nSPS) is 14.9. The van der Waals surface area contributed by atoms with Crippen LogP contribution in [0.5, 0.6) is 5.75 Å². The maximum atomic E-state index is 5.31. The first-order valence-electron chi connectivity index (χ1n) is 10.8. The van der Waals surface area contributed by atoms with Gasteiger partial charge in [0.25, 0.3) is 0 Å². The van der Waals surface area contributed by atoms with Crippen LogP contribution in [0.3, 0.4) is 0 Å². The molecule has 10 nitrogen and oxygen atoms in total. The van der Waals surface area contributed by atoms with E-state index >= 15 is 0 Å². The van der Waals surface area contributed by atoms with Crippen molar-refractivity contribution >= 4 is 27.8 Å². The Morgan fingerprint density at radius 1 is 1.03 bits per heavy atom. The van der Waals surface area contributed by atoms with Gasteiger partial charge >= 0.3 is 0 Å². The molecule has 6 rings (SSSR count). The van der Waals surface area contributed by atoms with Crippen molar-refractivity contribution in [3.63, 3.8) is 0 Å². The lowest BCUT2D eigenvalue weighted by atomic mass is 10.1. The Labute approximate surface area is 189 Å². The fourth-order valence-corrected chi connectivity index (χ4v) is 4.25. The van der Waals surface area contributed by atoms with E-state index in [1.807, 2.05) is 18.3 Å². The Balaban J connectivity index is 1.43. The molecule has 6 heterocycles. The third kappa shape index (κ3) is 3.44. The largest absolute Gasteiger partial charge is 0.495 e. The third-order valence-electron chi connectivity index (χ3n) is 6.13. The zero-order valence-electron chi connectivity index (χ0n) is 18.4. The number of likely N-dealkylation sites (N-methyl/N-ethyl adjacent to an activating group) is 1. The minimum atomic E-state index is 0.672. The highest BCUT2D eigenvalue weighted by Crippen LogP contribution is 2.31. The van der Waals surface area contributed by atoms with Gasteiger partial charge in [0.05, 0.1) is 36.4 Å². The first-order chi connectivity index (χ1) is 16.2. The number of hydrogen-bond acceptors (Lipinski definition) is 8. The number of H-pyrrole nitrogens is 2. The zero-order valence-corrected chi connectivity index (χ0v) is 18.4. The Morgan fingerprint density at radius 2 is 1.91 bits per heavy atom. The summed E-state index contributed by atoms with van der Waals surface area (Å²) >= 11 is 0. The van der Waals surface area contributed by atoms with Crippen LogP contribution in [-0.4, -0.2) is 80.4 Å². The number of anilines is 1. The smallest absolute Gasteiger partial charge is 0.180 e. The monoisotopic (exact) mass is 441 g/mol. The molecule has 0 saturated carbocycles. The Bertz CT molecular complexity index is 1450. The van der Waals surface area contributed by atoms with E-state index in [-0.39, 0.29) is 0 Å². The third-order valence-corrected chi connectivity index (χ3v) is 6.13. The molecular formula is C23H23N9O. The van der Waals surface area contributed by atoms with E-state index in [2.05, 4.69) is 53.0 Å². The second-order valence-electron chi connectivity index (χ2n) is 8.21. The fraction of sp³-hybridized carbons (Fsp3) is 0.261. The van der Waals surface area contributed by atoms with E-state index in [0.29, 0.717) is 17.2 Å². The molecule has 1 aliphatic rings. The molecule has 0 spiro atoms. The summed E-state index contributed by atoms with van der Waals surface area (Å²) in [5, 5.41) is 8.52. The molecule has 5 aromatic heterocycles. The van der Waals surface area contributed by atoms with Crippen molar-refractivity contribution < 1.29 is 4.74 Å². The van der Waals surface area contributed by atoms with Crippen LogP contribution in [0, 0.1) is 0 Å². The molecule has 2 N–H and O–H groups in total. The van der Waals surface area contributed by atoms with Gasteiger partial charge in [0, 0.05) is 49.5 Å². The van der Waals surface area contributed by atoms with Crippen LogP contribution in [0.4, 0.5) is 5.69 Å². The Kier molecular flexibility index (Phi) is 4.65. The number of hydrogen-bond donors (Lipinski definition) is 2. The van der Waals surface area contributed by atoms with E-state index in [4.69, 9.17) is 9.72 Å². The molecule has 1 aliphatic heterocycles. The molecule has 0 aromatic carbocycles. The number of aromatic nitrogens is 7. The summed E-state index contributed by atoms with van der Waals surface area (Å²) in [6.45, 7) is 4.01. The van der Waals surface area contributed by atoms with Gasteiger partial charge in [-0.2, -0.15) is 5.10 Å². The number of imidazole rings is 1. The fourth-order valence-electron chi connectivity index (χ4n) is 4.25. The van der Waals surface area contributed by atoms with Crippen molar-refractivity contribution in [2.45, 2.75) is 0 Å². The van der Waals surface area contributed by atoms with Gasteiger partial charge in [0.1, 0.15) is 17.0 Å². The summed E-state index contributed by atoms with van der Waals surface area (Å²) in [6.07, 6.45) is 7.03. The average molecular weight is 441 g/mol. The lowest BCUT2D eigenvalue weighted by Crippen LogP contribution is -2.44. The van der Waals surface area contributed by atoms with Gasteiger partial charge in [-0.15, -0.1) is 0 Å². The van der Waals surface area contributed by atoms with Gasteiger partial charge in [-0.1, -0.05) is 0 Å². The molecule has 5 aromatic rings. The second-order valence-corrected chi connectivity index (χ2v) is 8.21. The number of nitrogens with one attached hydrogen (secondary N) is 2. The first-order valence-corrected chi connectivity index (χ1v) is 10.8. The highest BCUT2D eigenvalue weighted by molar-refractivity contribution is 5.95. The van der Waals surface area contributed by atoms with Crippen LogP contribution in [0.1, 0.15) is 0 Å². The summed E-state index contributed by atoms with van der Waals surface area (Å²) in [5.74, 6) is 1.35. The van der Waals surface area contributed by atoms with E-state index in [0.717, 1.165) is 65.2 Å². The minimum absolute atomic E-state index is 0.672. The number of aromatic amines is 2. The number of fused-ring (bicyclic) bond motifs is 2. The maximum absolute atomic E-state index is 5.31. The summed E-state index contributed by atoms with van der Waals surface area (Å²) in [6, 6.07) is 5.96.